The van der Waals surface area contributed by atoms with Gasteiger partial charge in [0, 0.05) is 12.7 Å². The maximum atomic E-state index is 13.3. The van der Waals surface area contributed by atoms with E-state index < -0.39 is 29.2 Å². The van der Waals surface area contributed by atoms with Crippen molar-refractivity contribution in [2.45, 2.75) is 19.5 Å². The molecule has 0 saturated heterocycles. The zero-order chi connectivity index (χ0) is 25.8. The molecule has 10 nitrogen and oxygen atoms in total. The van der Waals surface area contributed by atoms with Crippen molar-refractivity contribution >= 4 is 22.9 Å². The van der Waals surface area contributed by atoms with Gasteiger partial charge in [-0.2, -0.15) is 0 Å². The average molecular weight is 489 g/mol. The van der Waals surface area contributed by atoms with Crippen LogP contribution in [0, 0.1) is 0 Å². The molecule has 0 bridgehead atoms. The Morgan fingerprint density at radius 1 is 1.03 bits per heavy atom. The van der Waals surface area contributed by atoms with E-state index in [0.717, 1.165) is 10.1 Å². The maximum Gasteiger partial charge on any atom is 0.337 e. The van der Waals surface area contributed by atoms with E-state index in [-0.39, 0.29) is 23.1 Å². The summed E-state index contributed by atoms with van der Waals surface area (Å²) >= 11 is 0. The van der Waals surface area contributed by atoms with Gasteiger partial charge < -0.3 is 14.8 Å². The molecule has 4 aromatic rings. The minimum absolute atomic E-state index is 0.0844. The Labute approximate surface area is 205 Å². The van der Waals surface area contributed by atoms with Crippen LogP contribution in [-0.4, -0.2) is 40.6 Å². The fraction of sp³-hybridized carbons (Fsp3) is 0.192. The molecule has 1 amide bonds. The van der Waals surface area contributed by atoms with Crippen molar-refractivity contribution < 1.29 is 19.1 Å². The fourth-order valence-electron chi connectivity index (χ4n) is 3.78. The second-order valence-corrected chi connectivity index (χ2v) is 8.05. The number of hydrogen-bond acceptors (Lipinski definition) is 7. The molecule has 36 heavy (non-hydrogen) atoms. The van der Waals surface area contributed by atoms with Gasteiger partial charge in [0.05, 0.1) is 36.8 Å². The lowest BCUT2D eigenvalue weighted by Crippen LogP contribution is -2.38. The number of esters is 1. The zero-order valence-electron chi connectivity index (χ0n) is 19.9. The molecule has 0 fully saturated rings. The first-order chi connectivity index (χ1) is 17.3. The van der Waals surface area contributed by atoms with Crippen LogP contribution in [0.15, 0.2) is 70.4 Å². The van der Waals surface area contributed by atoms with Gasteiger partial charge in [-0.1, -0.05) is 24.3 Å². The number of rotatable bonds is 7. The molecule has 2 N–H and O–H groups in total. The van der Waals surface area contributed by atoms with Crippen molar-refractivity contribution in [2.75, 3.05) is 14.2 Å². The molecule has 10 heteroatoms. The summed E-state index contributed by atoms with van der Waals surface area (Å²) in [6.45, 7) is 1.96. The Kier molecular flexibility index (Phi) is 6.95. The van der Waals surface area contributed by atoms with Gasteiger partial charge in [0.25, 0.3) is 11.5 Å². The van der Waals surface area contributed by atoms with E-state index in [1.54, 1.807) is 50.4 Å². The number of H-pyrrole nitrogens is 1. The molecule has 184 valence electrons. The molecule has 2 heterocycles. The number of carbonyl (C=O) groups excluding carboxylic acids is 2. The number of ether oxygens (including phenoxy) is 2. The summed E-state index contributed by atoms with van der Waals surface area (Å²) in [4.78, 5) is 57.1. The third-order valence-electron chi connectivity index (χ3n) is 5.86. The van der Waals surface area contributed by atoms with Gasteiger partial charge >= 0.3 is 11.7 Å². The predicted octanol–water partition coefficient (Wildman–Crippen LogP) is 2.42. The molecule has 0 aliphatic heterocycles. The Bertz CT molecular complexity index is 1540. The smallest absolute Gasteiger partial charge is 0.337 e. The van der Waals surface area contributed by atoms with Crippen molar-refractivity contribution in [3.05, 3.63) is 104 Å². The third kappa shape index (κ3) is 4.88. The summed E-state index contributed by atoms with van der Waals surface area (Å²) in [6, 6.07) is 14.4. The van der Waals surface area contributed by atoms with Gasteiger partial charge in [-0.25, -0.2) is 14.6 Å². The number of pyridine rings is 1. The quantitative estimate of drug-likeness (QED) is 0.382. The lowest BCUT2D eigenvalue weighted by Gasteiger charge is -2.15. The largest absolute Gasteiger partial charge is 0.497 e. The van der Waals surface area contributed by atoms with E-state index in [0.29, 0.717) is 16.9 Å². The number of hydrogen-bond donors (Lipinski definition) is 2. The van der Waals surface area contributed by atoms with Crippen molar-refractivity contribution in [1.82, 2.24) is 19.9 Å². The summed E-state index contributed by atoms with van der Waals surface area (Å²) in [7, 11) is 2.86. The van der Waals surface area contributed by atoms with Gasteiger partial charge in [0.2, 0.25) is 0 Å². The average Bonchev–Trinajstić information content (AvgIpc) is 2.91. The van der Waals surface area contributed by atoms with Gasteiger partial charge in [-0.15, -0.1) is 0 Å². The van der Waals surface area contributed by atoms with Crippen LogP contribution in [0.2, 0.25) is 0 Å². The summed E-state index contributed by atoms with van der Waals surface area (Å²) < 4.78 is 10.9. The Balaban J connectivity index is 1.61. The maximum absolute atomic E-state index is 13.3. The predicted molar refractivity (Wildman–Crippen MR) is 132 cm³/mol. The van der Waals surface area contributed by atoms with Crippen molar-refractivity contribution in [3.63, 3.8) is 0 Å². The first kappa shape index (κ1) is 24.4. The van der Waals surface area contributed by atoms with E-state index in [1.807, 2.05) is 12.1 Å². The number of nitrogens with zero attached hydrogens (tertiary/aromatic N) is 2. The number of fused-ring (bicyclic) bond motifs is 1. The normalized spacial score (nSPS) is 11.6. The number of methoxy groups -OCH3 is 2. The van der Waals surface area contributed by atoms with Crippen molar-refractivity contribution in [1.29, 1.82) is 0 Å². The number of carbonyl (C=O) groups is 2. The minimum Gasteiger partial charge on any atom is -0.497 e. The van der Waals surface area contributed by atoms with Crippen LogP contribution in [0.1, 0.15) is 44.8 Å². The highest BCUT2D eigenvalue weighted by atomic mass is 16.5. The lowest BCUT2D eigenvalue weighted by atomic mass is 10.1. The van der Waals surface area contributed by atoms with E-state index in [4.69, 9.17) is 9.47 Å². The monoisotopic (exact) mass is 488 g/mol. The third-order valence-corrected chi connectivity index (χ3v) is 5.86. The number of nitrogens with one attached hydrogen (secondary N) is 2. The molecule has 4 rings (SSSR count). The second kappa shape index (κ2) is 10.3. The molecule has 0 spiro atoms. The van der Waals surface area contributed by atoms with E-state index in [9.17, 15) is 19.2 Å². The Morgan fingerprint density at radius 2 is 1.72 bits per heavy atom. The summed E-state index contributed by atoms with van der Waals surface area (Å²) in [5.74, 6) is -0.190. The van der Waals surface area contributed by atoms with Gasteiger partial charge in [0.15, 0.2) is 0 Å². The summed E-state index contributed by atoms with van der Waals surface area (Å²) in [6.07, 6.45) is 1.31. The molecule has 2 aromatic heterocycles. The van der Waals surface area contributed by atoms with Crippen LogP contribution in [0.4, 0.5) is 0 Å². The molecular formula is C26H24N4O6. The van der Waals surface area contributed by atoms with Crippen LogP contribution in [0.3, 0.4) is 0 Å². The molecule has 2 aromatic carbocycles. The number of aromatic amines is 1. The Hall–Kier alpha value is -4.73. The van der Waals surface area contributed by atoms with Gasteiger partial charge in [0.1, 0.15) is 11.4 Å². The number of amides is 1. The molecule has 1 atom stereocenters. The molecule has 0 saturated carbocycles. The highest BCUT2D eigenvalue weighted by Gasteiger charge is 2.18. The van der Waals surface area contributed by atoms with Crippen LogP contribution in [0.5, 0.6) is 5.75 Å². The first-order valence-electron chi connectivity index (χ1n) is 11.1. The molecule has 0 radical (unpaired) electrons. The number of aromatic nitrogens is 3. The number of benzene rings is 2. The summed E-state index contributed by atoms with van der Waals surface area (Å²) in [5.41, 5.74) is 0.898. The minimum atomic E-state index is -0.648. The van der Waals surface area contributed by atoms with Crippen LogP contribution >= 0.6 is 0 Å². The van der Waals surface area contributed by atoms with Crippen molar-refractivity contribution in [3.8, 4) is 5.75 Å². The van der Waals surface area contributed by atoms with Gasteiger partial charge in [-0.3, -0.25) is 19.1 Å². The molecule has 1 unspecified atom stereocenters. The van der Waals surface area contributed by atoms with Crippen LogP contribution in [-0.2, 0) is 11.3 Å². The second-order valence-electron chi connectivity index (χ2n) is 8.05. The molecular weight excluding hydrogens is 464 g/mol. The van der Waals surface area contributed by atoms with Gasteiger partial charge in [-0.05, 0) is 48.4 Å². The SMILES string of the molecule is COC(=O)c1ccc(C(C)n2c(=O)[nH]c3ncc(C(=O)NCc4ccc(OC)cc4)cc3c2=O)cc1. The van der Waals surface area contributed by atoms with Crippen molar-refractivity contribution in [2.24, 2.45) is 0 Å². The van der Waals surface area contributed by atoms with E-state index in [2.05, 4.69) is 15.3 Å². The highest BCUT2D eigenvalue weighted by molar-refractivity contribution is 5.96. The molecule has 0 aliphatic carbocycles. The summed E-state index contributed by atoms with van der Waals surface area (Å²) in [5, 5.41) is 2.89. The first-order valence-corrected chi connectivity index (χ1v) is 11.1. The van der Waals surface area contributed by atoms with Crippen LogP contribution < -0.4 is 21.3 Å². The zero-order valence-corrected chi connectivity index (χ0v) is 19.9. The van der Waals surface area contributed by atoms with E-state index in [1.165, 1.54) is 19.4 Å². The highest BCUT2D eigenvalue weighted by Crippen LogP contribution is 2.17. The standard InChI is InChI=1S/C26H24N4O6/c1-15(17-6-8-18(9-7-17)25(33)36-3)30-24(32)21-12-19(14-27-22(21)29-26(30)34)23(31)28-13-16-4-10-20(35-2)11-5-16/h4-12,14-15H,13H2,1-3H3,(H,28,31)(H,27,29,34). The van der Waals surface area contributed by atoms with E-state index >= 15 is 0 Å². The fourth-order valence-corrected chi connectivity index (χ4v) is 3.78. The topological polar surface area (TPSA) is 132 Å². The Morgan fingerprint density at radius 3 is 2.36 bits per heavy atom. The lowest BCUT2D eigenvalue weighted by molar-refractivity contribution is 0.0600. The van der Waals surface area contributed by atoms with Crippen LogP contribution in [0.25, 0.3) is 11.0 Å². The molecule has 0 aliphatic rings.